The lowest BCUT2D eigenvalue weighted by molar-refractivity contribution is 0.590. The summed E-state index contributed by atoms with van der Waals surface area (Å²) in [6.45, 7) is 19.6. The second-order valence-corrected chi connectivity index (χ2v) is 13.1. The number of hydrogen-bond donors (Lipinski definition) is 0. The molecular formula is C37H43N5. The van der Waals surface area contributed by atoms with Gasteiger partial charge < -0.3 is 0 Å². The third-order valence-electron chi connectivity index (χ3n) is 7.16. The first kappa shape index (κ1) is 30.7. The molecule has 0 aliphatic rings. The predicted molar refractivity (Wildman–Crippen MR) is 177 cm³/mol. The lowest BCUT2D eigenvalue weighted by Gasteiger charge is -2.18. The first-order chi connectivity index (χ1) is 19.8. The maximum Gasteiger partial charge on any atom is 0.0890 e. The summed E-state index contributed by atoms with van der Waals surface area (Å²) in [5.41, 5.74) is 10.2. The smallest absolute Gasteiger partial charge is 0.0890 e. The molecular weight excluding hydrogens is 514 g/mol. The molecule has 5 heteroatoms. The van der Waals surface area contributed by atoms with Gasteiger partial charge in [0.25, 0.3) is 0 Å². The number of hydrogen-bond acceptors (Lipinski definition) is 5. The zero-order valence-corrected chi connectivity index (χ0v) is 26.5. The van der Waals surface area contributed by atoms with Crippen molar-refractivity contribution < 1.29 is 0 Å². The summed E-state index contributed by atoms with van der Waals surface area (Å²) in [7, 11) is 0. The molecule has 6 rings (SSSR count). The third-order valence-corrected chi connectivity index (χ3v) is 7.16. The first-order valence-electron chi connectivity index (χ1n) is 14.6. The van der Waals surface area contributed by atoms with E-state index in [-0.39, 0.29) is 10.8 Å². The van der Waals surface area contributed by atoms with E-state index in [9.17, 15) is 0 Å². The molecule has 0 saturated carbocycles. The van der Waals surface area contributed by atoms with Crippen LogP contribution in [0.15, 0.2) is 91.5 Å². The van der Waals surface area contributed by atoms with Crippen LogP contribution in [0, 0.1) is 6.92 Å². The van der Waals surface area contributed by atoms with E-state index in [1.165, 1.54) is 22.1 Å². The molecule has 0 bridgehead atoms. The topological polar surface area (TPSA) is 64.5 Å². The second-order valence-electron chi connectivity index (χ2n) is 13.1. The fraction of sp³-hybridized carbons (Fsp3) is 0.324. The SMILES string of the molecule is CC(C)(C)c1ccc2nccnc2c1.CC(C)c1ccc2ncccc2c1.Cc1cnc2cc(C(C)(C)C)ccc2n1. The molecule has 5 nitrogen and oxygen atoms in total. The number of fused-ring (bicyclic) bond motifs is 3. The van der Waals surface area contributed by atoms with Crippen LogP contribution < -0.4 is 0 Å². The van der Waals surface area contributed by atoms with Crippen molar-refractivity contribution in [3.05, 3.63) is 114 Å². The molecule has 0 N–H and O–H groups in total. The van der Waals surface area contributed by atoms with E-state index < -0.39 is 0 Å². The average Bonchev–Trinajstić information content (AvgIpc) is 2.96. The van der Waals surface area contributed by atoms with Gasteiger partial charge >= 0.3 is 0 Å². The Kier molecular flexibility index (Phi) is 9.30. The molecule has 0 amide bonds. The van der Waals surface area contributed by atoms with E-state index in [0.29, 0.717) is 5.92 Å². The second kappa shape index (κ2) is 12.7. The molecule has 6 aromatic rings. The molecule has 0 spiro atoms. The highest BCUT2D eigenvalue weighted by molar-refractivity contribution is 5.79. The number of benzene rings is 3. The van der Waals surface area contributed by atoms with Crippen molar-refractivity contribution in [3.63, 3.8) is 0 Å². The Morgan fingerprint density at radius 2 is 1.10 bits per heavy atom. The summed E-state index contributed by atoms with van der Waals surface area (Å²) in [6.07, 6.45) is 7.10. The van der Waals surface area contributed by atoms with Gasteiger partial charge in [-0.25, -0.2) is 4.98 Å². The van der Waals surface area contributed by atoms with E-state index in [2.05, 4.69) is 135 Å². The summed E-state index contributed by atoms with van der Waals surface area (Å²) >= 11 is 0. The molecule has 216 valence electrons. The third kappa shape index (κ3) is 7.94. The Balaban J connectivity index is 0.000000145. The molecule has 0 aliphatic heterocycles. The monoisotopic (exact) mass is 557 g/mol. The lowest BCUT2D eigenvalue weighted by Crippen LogP contribution is -2.10. The molecule has 0 fully saturated rings. The molecule has 0 atom stereocenters. The quantitative estimate of drug-likeness (QED) is 0.201. The van der Waals surface area contributed by atoms with E-state index in [1.807, 2.05) is 31.5 Å². The number of aryl methyl sites for hydroxylation is 1. The molecule has 0 radical (unpaired) electrons. The molecule has 3 aromatic carbocycles. The van der Waals surface area contributed by atoms with Crippen LogP contribution in [-0.2, 0) is 10.8 Å². The van der Waals surface area contributed by atoms with Crippen LogP contribution in [0.5, 0.6) is 0 Å². The normalized spacial score (nSPS) is 11.7. The van der Waals surface area contributed by atoms with Crippen LogP contribution in [0.25, 0.3) is 33.0 Å². The van der Waals surface area contributed by atoms with Gasteiger partial charge in [-0.15, -0.1) is 0 Å². The van der Waals surface area contributed by atoms with Gasteiger partial charge in [0.05, 0.1) is 33.3 Å². The zero-order valence-electron chi connectivity index (χ0n) is 26.5. The minimum absolute atomic E-state index is 0.167. The molecule has 0 saturated heterocycles. The van der Waals surface area contributed by atoms with Gasteiger partial charge in [-0.2, -0.15) is 0 Å². The van der Waals surface area contributed by atoms with Crippen molar-refractivity contribution in [1.82, 2.24) is 24.9 Å². The van der Waals surface area contributed by atoms with Crippen LogP contribution in [-0.4, -0.2) is 24.9 Å². The summed E-state index contributed by atoms with van der Waals surface area (Å²) < 4.78 is 0. The van der Waals surface area contributed by atoms with Crippen molar-refractivity contribution in [2.45, 2.75) is 79.1 Å². The Hall–Kier alpha value is -4.25. The fourth-order valence-corrected chi connectivity index (χ4v) is 4.45. The van der Waals surface area contributed by atoms with E-state index in [0.717, 1.165) is 33.3 Å². The van der Waals surface area contributed by atoms with Gasteiger partial charge in [0.15, 0.2) is 0 Å². The standard InChI is InChI=1S/C13H16N2.C12H14N2.C12H13N/c1-9-8-14-12-7-10(13(2,3)4)5-6-11(12)15-9;1-12(2,3)9-4-5-10-11(8-9)14-7-6-13-10;1-9(2)10-5-6-12-11(8-10)4-3-7-13-12/h5-8H,1-4H3;4-8H,1-3H3;3-9H,1-2H3. The Morgan fingerprint density at radius 1 is 0.548 bits per heavy atom. The summed E-state index contributed by atoms with van der Waals surface area (Å²) in [5.74, 6) is 0.588. The highest BCUT2D eigenvalue weighted by Gasteiger charge is 2.15. The van der Waals surface area contributed by atoms with Crippen molar-refractivity contribution in [1.29, 1.82) is 0 Å². The van der Waals surface area contributed by atoms with Gasteiger partial charge in [0.2, 0.25) is 0 Å². The average molecular weight is 558 g/mol. The van der Waals surface area contributed by atoms with Crippen LogP contribution in [0.3, 0.4) is 0 Å². The van der Waals surface area contributed by atoms with Crippen LogP contribution >= 0.6 is 0 Å². The summed E-state index contributed by atoms with van der Waals surface area (Å²) in [5, 5.41) is 1.23. The minimum Gasteiger partial charge on any atom is -0.256 e. The van der Waals surface area contributed by atoms with Gasteiger partial charge in [0.1, 0.15) is 0 Å². The Labute approximate surface area is 250 Å². The highest BCUT2D eigenvalue weighted by atomic mass is 14.8. The number of pyridine rings is 1. The van der Waals surface area contributed by atoms with E-state index in [1.54, 1.807) is 12.4 Å². The van der Waals surface area contributed by atoms with E-state index in [4.69, 9.17) is 0 Å². The first-order valence-corrected chi connectivity index (χ1v) is 14.6. The number of nitrogens with zero attached hydrogens (tertiary/aromatic N) is 5. The highest BCUT2D eigenvalue weighted by Crippen LogP contribution is 2.25. The minimum atomic E-state index is 0.167. The zero-order chi connectivity index (χ0) is 30.5. The lowest BCUT2D eigenvalue weighted by atomic mass is 9.87. The van der Waals surface area contributed by atoms with E-state index >= 15 is 0 Å². The predicted octanol–water partition coefficient (Wildman–Crippen LogP) is 9.52. The summed E-state index contributed by atoms with van der Waals surface area (Å²) in [6, 6.07) is 23.1. The summed E-state index contributed by atoms with van der Waals surface area (Å²) in [4.78, 5) is 21.6. The van der Waals surface area contributed by atoms with Crippen molar-refractivity contribution in [2.24, 2.45) is 0 Å². The van der Waals surface area contributed by atoms with Crippen molar-refractivity contribution >= 4 is 33.0 Å². The molecule has 3 heterocycles. The van der Waals surface area contributed by atoms with Crippen LogP contribution in [0.2, 0.25) is 0 Å². The Morgan fingerprint density at radius 3 is 1.71 bits per heavy atom. The van der Waals surface area contributed by atoms with Gasteiger partial charge in [-0.05, 0) is 82.8 Å². The largest absolute Gasteiger partial charge is 0.256 e. The van der Waals surface area contributed by atoms with Crippen molar-refractivity contribution in [3.8, 4) is 0 Å². The van der Waals surface area contributed by atoms with Crippen molar-refractivity contribution in [2.75, 3.05) is 0 Å². The van der Waals surface area contributed by atoms with Gasteiger partial charge in [-0.3, -0.25) is 19.9 Å². The molecule has 42 heavy (non-hydrogen) atoms. The van der Waals surface area contributed by atoms with Gasteiger partial charge in [-0.1, -0.05) is 79.7 Å². The maximum atomic E-state index is 4.44. The molecule has 3 aromatic heterocycles. The molecule has 0 unspecified atom stereocenters. The number of rotatable bonds is 1. The molecule has 0 aliphatic carbocycles. The number of aromatic nitrogens is 5. The van der Waals surface area contributed by atoms with Crippen LogP contribution in [0.1, 0.15) is 83.7 Å². The van der Waals surface area contributed by atoms with Crippen LogP contribution in [0.4, 0.5) is 0 Å². The fourth-order valence-electron chi connectivity index (χ4n) is 4.45. The Bertz CT molecular complexity index is 1790. The maximum absolute atomic E-state index is 4.44. The van der Waals surface area contributed by atoms with Gasteiger partial charge in [0, 0.05) is 30.2 Å².